The number of nitrogens with one attached hydrogen (secondary N) is 1. The molecular formula is C12H21BNO4+. The minimum atomic E-state index is -0.555. The average molecular weight is 254 g/mol. The maximum Gasteiger partial charge on any atom is 0.496 e. The molecule has 1 saturated heterocycles. The molecule has 100 valence electrons. The van der Waals surface area contributed by atoms with Gasteiger partial charge in [0, 0.05) is 11.7 Å². The topological polar surface area (TPSA) is 62.6 Å². The van der Waals surface area contributed by atoms with Crippen molar-refractivity contribution in [3.63, 3.8) is 0 Å². The smallest absolute Gasteiger partial charge is 0.488 e. The van der Waals surface area contributed by atoms with E-state index in [2.05, 4.69) is 5.32 Å². The number of rotatable bonds is 3. The molecule has 0 radical (unpaired) electrons. The highest BCUT2D eigenvalue weighted by Crippen LogP contribution is 2.31. The first-order valence-corrected chi connectivity index (χ1v) is 6.29. The highest BCUT2D eigenvalue weighted by atomic mass is 16.7. The predicted octanol–water partition coefficient (Wildman–Crippen LogP) is 0.686. The number of allylic oxidation sites excluding steroid dienone is 2. The highest BCUT2D eigenvalue weighted by Gasteiger charge is 2.45. The molecule has 18 heavy (non-hydrogen) atoms. The van der Waals surface area contributed by atoms with E-state index in [0.717, 1.165) is 5.47 Å². The molecule has 5 nitrogen and oxygen atoms in total. The van der Waals surface area contributed by atoms with E-state index in [1.54, 1.807) is 6.20 Å². The molecule has 1 fully saturated rings. The molecular weight excluding hydrogens is 233 g/mol. The van der Waals surface area contributed by atoms with Crippen LogP contribution in [-0.4, -0.2) is 36.8 Å². The van der Waals surface area contributed by atoms with Gasteiger partial charge in [-0.05, 0) is 33.8 Å². The standard InChI is InChI=1S/C12H20BNO4/c1-5-16-10-6-9(7-14-11(10)15)13-17-8(2)12(3,4)18-13/h6-8,11,14-15H,5H2,1-4H3/p+1. The lowest BCUT2D eigenvalue weighted by Gasteiger charge is -2.22. The van der Waals surface area contributed by atoms with Gasteiger partial charge < -0.3 is 24.5 Å². The SMILES string of the molecule is CCOC1=CC(B2OC(C)C(C)(C)O2)=CNC1[OH2+]. The molecule has 2 atom stereocenters. The first kappa shape index (κ1) is 13.5. The Kier molecular flexibility index (Phi) is 3.70. The molecule has 6 heteroatoms. The van der Waals surface area contributed by atoms with Crippen molar-refractivity contribution in [1.29, 1.82) is 0 Å². The summed E-state index contributed by atoms with van der Waals surface area (Å²) >= 11 is 0. The molecule has 2 aliphatic heterocycles. The van der Waals surface area contributed by atoms with Crippen LogP contribution in [-0.2, 0) is 14.0 Å². The normalized spacial score (nSPS) is 30.6. The van der Waals surface area contributed by atoms with E-state index in [1.807, 2.05) is 33.8 Å². The zero-order valence-corrected chi connectivity index (χ0v) is 11.3. The van der Waals surface area contributed by atoms with Crippen molar-refractivity contribution in [2.24, 2.45) is 0 Å². The third-order valence-electron chi connectivity index (χ3n) is 3.31. The Labute approximate surface area is 108 Å². The summed E-state index contributed by atoms with van der Waals surface area (Å²) in [7, 11) is -0.398. The summed E-state index contributed by atoms with van der Waals surface area (Å²) in [6.45, 7) is 8.46. The molecule has 2 rings (SSSR count). The zero-order valence-electron chi connectivity index (χ0n) is 11.3. The lowest BCUT2D eigenvalue weighted by molar-refractivity contribution is 0.0839. The first-order chi connectivity index (χ1) is 8.44. The van der Waals surface area contributed by atoms with Crippen LogP contribution in [0.4, 0.5) is 0 Å². The summed E-state index contributed by atoms with van der Waals surface area (Å²) in [6.07, 6.45) is 3.07. The number of hydrogen-bond donors (Lipinski definition) is 1. The van der Waals surface area contributed by atoms with Crippen LogP contribution < -0.4 is 5.32 Å². The fourth-order valence-electron chi connectivity index (χ4n) is 1.87. The fourth-order valence-corrected chi connectivity index (χ4v) is 1.87. The molecule has 0 aromatic heterocycles. The van der Waals surface area contributed by atoms with Gasteiger partial charge in [-0.15, -0.1) is 0 Å². The van der Waals surface area contributed by atoms with Crippen LogP contribution in [0.2, 0.25) is 0 Å². The van der Waals surface area contributed by atoms with Gasteiger partial charge in [0.2, 0.25) is 0 Å². The summed E-state index contributed by atoms with van der Waals surface area (Å²) in [5, 5.41) is 10.7. The summed E-state index contributed by atoms with van der Waals surface area (Å²) < 4.78 is 17.1. The molecule has 0 saturated carbocycles. The van der Waals surface area contributed by atoms with Gasteiger partial charge in [-0.3, -0.25) is 0 Å². The van der Waals surface area contributed by atoms with Crippen molar-refractivity contribution in [3.05, 3.63) is 23.5 Å². The Balaban J connectivity index is 2.11. The third-order valence-corrected chi connectivity index (χ3v) is 3.31. The molecule has 2 aliphatic rings. The van der Waals surface area contributed by atoms with E-state index in [-0.39, 0.29) is 11.7 Å². The van der Waals surface area contributed by atoms with Crippen LogP contribution in [0.15, 0.2) is 23.5 Å². The highest BCUT2D eigenvalue weighted by molar-refractivity contribution is 6.55. The summed E-state index contributed by atoms with van der Waals surface area (Å²) in [6, 6.07) is 0. The molecule has 0 aromatic carbocycles. The van der Waals surface area contributed by atoms with Crippen molar-refractivity contribution in [2.75, 3.05) is 6.61 Å². The van der Waals surface area contributed by atoms with Crippen molar-refractivity contribution in [1.82, 2.24) is 5.32 Å². The molecule has 2 unspecified atom stereocenters. The van der Waals surface area contributed by atoms with Crippen LogP contribution >= 0.6 is 0 Å². The first-order valence-electron chi connectivity index (χ1n) is 6.29. The Hall–Kier alpha value is -0.975. The van der Waals surface area contributed by atoms with E-state index >= 15 is 0 Å². The van der Waals surface area contributed by atoms with Gasteiger partial charge in [-0.2, -0.15) is 0 Å². The molecule has 0 spiro atoms. The monoisotopic (exact) mass is 254 g/mol. The average Bonchev–Trinajstić information content (AvgIpc) is 2.57. The summed E-state index contributed by atoms with van der Waals surface area (Å²) in [5.41, 5.74) is 0.558. The van der Waals surface area contributed by atoms with Gasteiger partial charge in [0.1, 0.15) is 0 Å². The number of dihydropyridines is 1. The van der Waals surface area contributed by atoms with Crippen LogP contribution in [0.3, 0.4) is 0 Å². The van der Waals surface area contributed by atoms with Crippen molar-refractivity contribution in [3.8, 4) is 0 Å². The van der Waals surface area contributed by atoms with Crippen LogP contribution in [0, 0.1) is 0 Å². The maximum atomic E-state index is 7.78. The van der Waals surface area contributed by atoms with Crippen molar-refractivity contribution >= 4 is 7.12 Å². The second kappa shape index (κ2) is 4.95. The Bertz CT molecular complexity index is 380. The van der Waals surface area contributed by atoms with E-state index in [4.69, 9.17) is 19.2 Å². The predicted molar refractivity (Wildman–Crippen MR) is 69.8 cm³/mol. The Morgan fingerprint density at radius 2 is 2.28 bits per heavy atom. The van der Waals surface area contributed by atoms with Crippen molar-refractivity contribution in [2.45, 2.75) is 45.6 Å². The Morgan fingerprint density at radius 3 is 2.83 bits per heavy atom. The van der Waals surface area contributed by atoms with Gasteiger partial charge in [0.05, 0.1) is 18.3 Å². The molecule has 3 N–H and O–H groups in total. The third kappa shape index (κ3) is 2.55. The van der Waals surface area contributed by atoms with E-state index in [1.165, 1.54) is 0 Å². The van der Waals surface area contributed by atoms with Gasteiger partial charge in [0.25, 0.3) is 6.23 Å². The summed E-state index contributed by atoms with van der Waals surface area (Å²) in [5.74, 6) is 0.597. The second-order valence-corrected chi connectivity index (χ2v) is 5.06. The molecule has 0 bridgehead atoms. The minimum absolute atomic E-state index is 0.0288. The van der Waals surface area contributed by atoms with Crippen molar-refractivity contribution < 1.29 is 19.2 Å². The second-order valence-electron chi connectivity index (χ2n) is 5.06. The quantitative estimate of drug-likeness (QED) is 0.594. The lowest BCUT2D eigenvalue weighted by Crippen LogP contribution is -2.34. The Morgan fingerprint density at radius 1 is 1.56 bits per heavy atom. The maximum absolute atomic E-state index is 7.78. The van der Waals surface area contributed by atoms with E-state index < -0.39 is 13.3 Å². The van der Waals surface area contributed by atoms with Gasteiger partial charge in [-0.1, -0.05) is 0 Å². The van der Waals surface area contributed by atoms with Gasteiger partial charge in [0.15, 0.2) is 5.76 Å². The largest absolute Gasteiger partial charge is 0.496 e. The zero-order chi connectivity index (χ0) is 13.3. The fraction of sp³-hybridized carbons (Fsp3) is 0.667. The molecule has 2 heterocycles. The molecule has 0 aromatic rings. The number of ether oxygens (including phenoxy) is 1. The van der Waals surface area contributed by atoms with E-state index in [9.17, 15) is 0 Å². The van der Waals surface area contributed by atoms with Crippen LogP contribution in [0.25, 0.3) is 0 Å². The van der Waals surface area contributed by atoms with E-state index in [0.29, 0.717) is 12.4 Å². The van der Waals surface area contributed by atoms with Crippen LogP contribution in [0.1, 0.15) is 27.7 Å². The number of hydrogen-bond acceptors (Lipinski definition) is 4. The molecule has 0 amide bonds. The minimum Gasteiger partial charge on any atom is -0.488 e. The summed E-state index contributed by atoms with van der Waals surface area (Å²) in [4.78, 5) is 0. The molecule has 0 aliphatic carbocycles. The lowest BCUT2D eigenvalue weighted by atomic mass is 9.77. The van der Waals surface area contributed by atoms with Gasteiger partial charge >= 0.3 is 7.12 Å². The van der Waals surface area contributed by atoms with Crippen LogP contribution in [0.5, 0.6) is 0 Å². The van der Waals surface area contributed by atoms with Gasteiger partial charge in [-0.25, -0.2) is 0 Å².